The van der Waals surface area contributed by atoms with Gasteiger partial charge in [0.2, 0.25) is 5.91 Å². The fraction of sp³-hybridized carbons (Fsp3) is 0.562. The molecular weight excluding hydrogens is 250 g/mol. The van der Waals surface area contributed by atoms with Crippen LogP contribution in [-0.4, -0.2) is 32.1 Å². The topological polar surface area (TPSA) is 44.4 Å². The second kappa shape index (κ2) is 8.59. The molecule has 4 nitrogen and oxygen atoms in total. The van der Waals surface area contributed by atoms with Gasteiger partial charge >= 0.3 is 0 Å². The highest BCUT2D eigenvalue weighted by molar-refractivity contribution is 5.81. The number of carbonyl (C=O) groups excluding carboxylic acids is 1. The number of nitrogens with zero attached hydrogens (tertiary/aromatic N) is 1. The maximum atomic E-state index is 11.7. The number of carbonyl (C=O) groups is 1. The first-order valence-corrected chi connectivity index (χ1v) is 7.33. The van der Waals surface area contributed by atoms with Gasteiger partial charge in [0.15, 0.2) is 0 Å². The van der Waals surface area contributed by atoms with Crippen LogP contribution in [0.15, 0.2) is 24.3 Å². The first kappa shape index (κ1) is 16.5. The van der Waals surface area contributed by atoms with Gasteiger partial charge in [0, 0.05) is 25.3 Å². The Morgan fingerprint density at radius 2 is 1.90 bits per heavy atom. The van der Waals surface area contributed by atoms with Crippen LogP contribution in [0.5, 0.6) is 0 Å². The summed E-state index contributed by atoms with van der Waals surface area (Å²) in [4.78, 5) is 13.7. The fourth-order valence-corrected chi connectivity index (χ4v) is 1.95. The normalized spacial score (nSPS) is 10.7. The molecule has 0 unspecified atom stereocenters. The number of likely N-dealkylation sites (N-methyl/N-ethyl adjacent to an activating group) is 1. The molecule has 1 amide bonds. The second-order valence-electron chi connectivity index (χ2n) is 5.42. The fourth-order valence-electron chi connectivity index (χ4n) is 1.95. The molecule has 0 atom stereocenters. The van der Waals surface area contributed by atoms with Gasteiger partial charge in [-0.15, -0.1) is 0 Å². The molecule has 0 saturated heterocycles. The minimum Gasteiger partial charge on any atom is -0.365 e. The Hall–Kier alpha value is -1.55. The van der Waals surface area contributed by atoms with E-state index in [0.29, 0.717) is 6.54 Å². The van der Waals surface area contributed by atoms with Crippen LogP contribution in [0.2, 0.25) is 0 Å². The summed E-state index contributed by atoms with van der Waals surface area (Å²) in [5.41, 5.74) is 2.32. The zero-order chi connectivity index (χ0) is 15.0. The van der Waals surface area contributed by atoms with E-state index in [2.05, 4.69) is 41.8 Å². The third-order valence-electron chi connectivity index (χ3n) is 2.96. The predicted molar refractivity (Wildman–Crippen MR) is 85.0 cm³/mol. The summed E-state index contributed by atoms with van der Waals surface area (Å²) < 4.78 is 0. The van der Waals surface area contributed by atoms with Crippen molar-refractivity contribution in [3.63, 3.8) is 0 Å². The van der Waals surface area contributed by atoms with E-state index >= 15 is 0 Å². The van der Waals surface area contributed by atoms with Crippen LogP contribution in [0.4, 0.5) is 5.69 Å². The van der Waals surface area contributed by atoms with Gasteiger partial charge in [0.1, 0.15) is 0 Å². The van der Waals surface area contributed by atoms with Gasteiger partial charge in [-0.3, -0.25) is 4.79 Å². The Kier molecular flexibility index (Phi) is 7.09. The molecule has 0 aliphatic heterocycles. The molecule has 0 spiro atoms. The van der Waals surface area contributed by atoms with Gasteiger partial charge < -0.3 is 15.5 Å². The molecule has 1 aromatic rings. The summed E-state index contributed by atoms with van der Waals surface area (Å²) in [5.74, 6) is 0.0520. The van der Waals surface area contributed by atoms with E-state index in [1.54, 1.807) is 0 Å². The van der Waals surface area contributed by atoms with Gasteiger partial charge in [-0.2, -0.15) is 0 Å². The number of hydrogen-bond acceptors (Lipinski definition) is 3. The van der Waals surface area contributed by atoms with Gasteiger partial charge in [0.05, 0.1) is 6.54 Å². The summed E-state index contributed by atoms with van der Waals surface area (Å²) in [7, 11) is 1.93. The number of nitrogens with one attached hydrogen (secondary N) is 2. The third-order valence-corrected chi connectivity index (χ3v) is 2.96. The second-order valence-corrected chi connectivity index (χ2v) is 5.42. The zero-order valence-corrected chi connectivity index (χ0v) is 13.1. The molecule has 0 aliphatic carbocycles. The van der Waals surface area contributed by atoms with Gasteiger partial charge in [-0.05, 0) is 44.5 Å². The molecular formula is C16H27N3O. The SMILES string of the molecule is CCCNCc1ccc(N(C)CC(=O)NC(C)C)cc1. The molecule has 0 aliphatic rings. The van der Waals surface area contributed by atoms with Crippen LogP contribution < -0.4 is 15.5 Å². The van der Waals surface area contributed by atoms with Crippen molar-refractivity contribution in [1.82, 2.24) is 10.6 Å². The average Bonchev–Trinajstić information content (AvgIpc) is 2.38. The Morgan fingerprint density at radius 1 is 1.25 bits per heavy atom. The van der Waals surface area contributed by atoms with E-state index in [9.17, 15) is 4.79 Å². The van der Waals surface area contributed by atoms with E-state index in [-0.39, 0.29) is 11.9 Å². The van der Waals surface area contributed by atoms with Crippen LogP contribution >= 0.6 is 0 Å². The molecule has 0 aromatic heterocycles. The molecule has 1 rings (SSSR count). The number of benzene rings is 1. The molecule has 0 radical (unpaired) electrons. The third kappa shape index (κ3) is 6.06. The van der Waals surface area contributed by atoms with Gasteiger partial charge in [0.25, 0.3) is 0 Å². The number of rotatable bonds is 8. The molecule has 112 valence electrons. The van der Waals surface area contributed by atoms with Crippen molar-refractivity contribution in [2.75, 3.05) is 25.0 Å². The van der Waals surface area contributed by atoms with E-state index in [4.69, 9.17) is 0 Å². The predicted octanol–water partition coefficient (Wildman–Crippen LogP) is 2.15. The van der Waals surface area contributed by atoms with Gasteiger partial charge in [-0.1, -0.05) is 19.1 Å². The quantitative estimate of drug-likeness (QED) is 0.716. The molecule has 1 aromatic carbocycles. The van der Waals surface area contributed by atoms with Crippen molar-refractivity contribution in [2.45, 2.75) is 39.8 Å². The van der Waals surface area contributed by atoms with E-state index < -0.39 is 0 Å². The van der Waals surface area contributed by atoms with Crippen molar-refractivity contribution < 1.29 is 4.79 Å². The lowest BCUT2D eigenvalue weighted by Crippen LogP contribution is -2.38. The highest BCUT2D eigenvalue weighted by Crippen LogP contribution is 2.13. The molecule has 0 bridgehead atoms. The molecule has 0 saturated carbocycles. The molecule has 0 heterocycles. The number of anilines is 1. The van der Waals surface area contributed by atoms with Crippen molar-refractivity contribution >= 4 is 11.6 Å². The van der Waals surface area contributed by atoms with Crippen molar-refractivity contribution in [3.8, 4) is 0 Å². The maximum Gasteiger partial charge on any atom is 0.239 e. The Morgan fingerprint density at radius 3 is 2.45 bits per heavy atom. The lowest BCUT2D eigenvalue weighted by atomic mass is 10.2. The average molecular weight is 277 g/mol. The van der Waals surface area contributed by atoms with Crippen molar-refractivity contribution in [1.29, 1.82) is 0 Å². The van der Waals surface area contributed by atoms with Crippen LogP contribution in [0.3, 0.4) is 0 Å². The van der Waals surface area contributed by atoms with E-state index in [1.165, 1.54) is 5.56 Å². The summed E-state index contributed by atoms with van der Waals surface area (Å²) in [5, 5.41) is 6.27. The summed E-state index contributed by atoms with van der Waals surface area (Å²) in [6.45, 7) is 8.41. The van der Waals surface area contributed by atoms with Crippen LogP contribution in [0.25, 0.3) is 0 Å². The Bertz CT molecular complexity index is 401. The molecule has 2 N–H and O–H groups in total. The summed E-state index contributed by atoms with van der Waals surface area (Å²) in [6, 6.07) is 8.52. The minimum absolute atomic E-state index is 0.0520. The van der Waals surface area contributed by atoms with E-state index in [1.807, 2.05) is 25.8 Å². The summed E-state index contributed by atoms with van der Waals surface area (Å²) in [6.07, 6.45) is 1.14. The first-order chi connectivity index (χ1) is 9.52. The van der Waals surface area contributed by atoms with Gasteiger partial charge in [-0.25, -0.2) is 0 Å². The first-order valence-electron chi connectivity index (χ1n) is 7.33. The zero-order valence-electron chi connectivity index (χ0n) is 13.1. The summed E-state index contributed by atoms with van der Waals surface area (Å²) >= 11 is 0. The van der Waals surface area contributed by atoms with Crippen LogP contribution in [0.1, 0.15) is 32.8 Å². The molecule has 0 fully saturated rings. The number of hydrogen-bond donors (Lipinski definition) is 2. The minimum atomic E-state index is 0.0520. The Labute approximate surface area is 122 Å². The smallest absolute Gasteiger partial charge is 0.239 e. The lowest BCUT2D eigenvalue weighted by molar-refractivity contribution is -0.120. The van der Waals surface area contributed by atoms with Crippen LogP contribution in [-0.2, 0) is 11.3 Å². The standard InChI is InChI=1S/C16H27N3O/c1-5-10-17-11-14-6-8-15(9-7-14)19(4)12-16(20)18-13(2)3/h6-9,13,17H,5,10-12H2,1-4H3,(H,18,20). The van der Waals surface area contributed by atoms with Crippen molar-refractivity contribution in [2.24, 2.45) is 0 Å². The maximum absolute atomic E-state index is 11.7. The number of amides is 1. The largest absolute Gasteiger partial charge is 0.365 e. The highest BCUT2D eigenvalue weighted by atomic mass is 16.2. The van der Waals surface area contributed by atoms with E-state index in [0.717, 1.165) is 25.2 Å². The highest BCUT2D eigenvalue weighted by Gasteiger charge is 2.08. The van der Waals surface area contributed by atoms with Crippen molar-refractivity contribution in [3.05, 3.63) is 29.8 Å². The molecule has 4 heteroatoms. The Balaban J connectivity index is 2.48. The molecule has 20 heavy (non-hydrogen) atoms. The lowest BCUT2D eigenvalue weighted by Gasteiger charge is -2.20. The van der Waals surface area contributed by atoms with Crippen LogP contribution in [0, 0.1) is 0 Å². The monoisotopic (exact) mass is 277 g/mol.